The summed E-state index contributed by atoms with van der Waals surface area (Å²) < 4.78 is 2.48. The van der Waals surface area contributed by atoms with E-state index in [2.05, 4.69) is 31.0 Å². The minimum Gasteiger partial charge on any atom is -0.263 e. The Morgan fingerprint density at radius 1 is 1.24 bits per heavy atom. The van der Waals surface area contributed by atoms with E-state index < -0.39 is 0 Å². The van der Waals surface area contributed by atoms with Crippen LogP contribution in [0.5, 0.6) is 0 Å². The van der Waals surface area contributed by atoms with Gasteiger partial charge in [0.2, 0.25) is 0 Å². The lowest BCUT2D eigenvalue weighted by atomic mass is 10.2. The minimum atomic E-state index is 0.523. The highest BCUT2D eigenvalue weighted by atomic mass is 79.9. The van der Waals surface area contributed by atoms with Crippen LogP contribution >= 0.6 is 27.5 Å². The summed E-state index contributed by atoms with van der Waals surface area (Å²) in [5.41, 5.74) is 2.40. The van der Waals surface area contributed by atoms with E-state index in [1.165, 1.54) is 0 Å². The van der Waals surface area contributed by atoms with Gasteiger partial charge in [-0.05, 0) is 22.0 Å². The average molecular weight is 310 g/mol. The third kappa shape index (κ3) is 1.92. The number of halogens is 2. The molecule has 0 saturated carbocycles. The second-order valence-corrected chi connectivity index (χ2v) is 4.76. The number of aromatic nitrogens is 4. The molecule has 4 nitrogen and oxygen atoms in total. The highest BCUT2D eigenvalue weighted by Crippen LogP contribution is 2.23. The summed E-state index contributed by atoms with van der Waals surface area (Å²) >= 11 is 9.50. The van der Waals surface area contributed by atoms with Crippen LogP contribution in [-0.4, -0.2) is 19.6 Å². The predicted molar refractivity (Wildman–Crippen MR) is 68.9 cm³/mol. The van der Waals surface area contributed by atoms with Gasteiger partial charge in [0.25, 0.3) is 0 Å². The van der Waals surface area contributed by atoms with Crippen molar-refractivity contribution in [3.8, 4) is 11.3 Å². The monoisotopic (exact) mass is 308 g/mol. The van der Waals surface area contributed by atoms with Gasteiger partial charge in [-0.3, -0.25) is 4.98 Å². The van der Waals surface area contributed by atoms with Gasteiger partial charge in [-0.1, -0.05) is 11.6 Å². The lowest BCUT2D eigenvalue weighted by Gasteiger charge is -2.03. The molecule has 0 fully saturated rings. The molecule has 84 valence electrons. The predicted octanol–water partition coefficient (Wildman–Crippen LogP) is 3.21. The first kappa shape index (κ1) is 10.7. The van der Waals surface area contributed by atoms with Crippen molar-refractivity contribution in [2.45, 2.75) is 0 Å². The van der Waals surface area contributed by atoms with Gasteiger partial charge in [-0.25, -0.2) is 9.50 Å². The molecule has 0 aliphatic carbocycles. The van der Waals surface area contributed by atoms with Crippen LogP contribution in [0.1, 0.15) is 0 Å². The van der Waals surface area contributed by atoms with Crippen LogP contribution in [-0.2, 0) is 0 Å². The van der Waals surface area contributed by atoms with Gasteiger partial charge in [0, 0.05) is 34.6 Å². The summed E-state index contributed by atoms with van der Waals surface area (Å²) in [6.07, 6.45) is 5.13. The Hall–Kier alpha value is -1.46. The maximum Gasteiger partial charge on any atom is 0.157 e. The van der Waals surface area contributed by atoms with E-state index in [-0.39, 0.29) is 0 Å². The van der Waals surface area contributed by atoms with E-state index >= 15 is 0 Å². The molecule has 0 aliphatic heterocycles. The zero-order valence-corrected chi connectivity index (χ0v) is 10.9. The van der Waals surface area contributed by atoms with Crippen molar-refractivity contribution >= 4 is 33.2 Å². The molecule has 0 atom stereocenters. The largest absolute Gasteiger partial charge is 0.263 e. The fraction of sp³-hybridized carbons (Fsp3) is 0. The van der Waals surface area contributed by atoms with Gasteiger partial charge in [-0.15, -0.1) is 0 Å². The molecule has 6 heteroatoms. The van der Waals surface area contributed by atoms with Gasteiger partial charge in [0.1, 0.15) is 5.15 Å². The molecule has 0 radical (unpaired) electrons. The van der Waals surface area contributed by atoms with E-state index in [1.807, 2.05) is 6.07 Å². The molecule has 0 amide bonds. The van der Waals surface area contributed by atoms with Gasteiger partial charge < -0.3 is 0 Å². The molecule has 3 rings (SSSR count). The normalized spacial score (nSPS) is 10.9. The smallest absolute Gasteiger partial charge is 0.157 e. The van der Waals surface area contributed by atoms with E-state index in [9.17, 15) is 0 Å². The van der Waals surface area contributed by atoms with E-state index in [1.54, 1.807) is 35.2 Å². The van der Waals surface area contributed by atoms with Crippen LogP contribution in [0.4, 0.5) is 0 Å². The molecule has 3 aromatic rings. The molecule has 3 aromatic heterocycles. The van der Waals surface area contributed by atoms with Crippen LogP contribution < -0.4 is 0 Å². The molecular formula is C11H6BrClN4. The summed E-state index contributed by atoms with van der Waals surface area (Å²) in [6.45, 7) is 0. The Morgan fingerprint density at radius 3 is 2.94 bits per heavy atom. The summed E-state index contributed by atoms with van der Waals surface area (Å²) in [5, 5.41) is 4.59. The molecule has 3 heterocycles. The first-order valence-corrected chi connectivity index (χ1v) is 6.02. The van der Waals surface area contributed by atoms with Gasteiger partial charge in [0.05, 0.1) is 11.9 Å². The summed E-state index contributed by atoms with van der Waals surface area (Å²) in [6, 6.07) is 5.52. The molecule has 0 saturated heterocycles. The minimum absolute atomic E-state index is 0.523. The summed E-state index contributed by atoms with van der Waals surface area (Å²) in [4.78, 5) is 8.57. The molecule has 0 spiro atoms. The SMILES string of the molecule is Clc1cc(-c2cncc(Br)c2)nc2ccnn12. The first-order valence-electron chi connectivity index (χ1n) is 4.85. The van der Waals surface area contributed by atoms with E-state index in [4.69, 9.17) is 11.6 Å². The standard InChI is InChI=1S/C11H6BrClN4/c12-8-3-7(5-14-6-8)9-4-10(13)17-11(16-9)1-2-15-17/h1-6H. The van der Waals surface area contributed by atoms with Crippen molar-refractivity contribution in [1.29, 1.82) is 0 Å². The van der Waals surface area contributed by atoms with Gasteiger partial charge in [-0.2, -0.15) is 5.10 Å². The zero-order chi connectivity index (χ0) is 11.8. The molecule has 0 aliphatic rings. The van der Waals surface area contributed by atoms with Gasteiger partial charge in [0.15, 0.2) is 5.65 Å². The van der Waals surface area contributed by atoms with Crippen LogP contribution in [0.25, 0.3) is 16.9 Å². The number of pyridine rings is 1. The Bertz CT molecular complexity index is 695. The van der Waals surface area contributed by atoms with Crippen LogP contribution in [0.2, 0.25) is 5.15 Å². The van der Waals surface area contributed by atoms with Crippen molar-refractivity contribution in [2.24, 2.45) is 0 Å². The van der Waals surface area contributed by atoms with Crippen molar-refractivity contribution in [2.75, 3.05) is 0 Å². The van der Waals surface area contributed by atoms with E-state index in [0.717, 1.165) is 15.7 Å². The Kier molecular flexibility index (Phi) is 2.57. The highest BCUT2D eigenvalue weighted by Gasteiger charge is 2.06. The second-order valence-electron chi connectivity index (χ2n) is 3.46. The van der Waals surface area contributed by atoms with Crippen molar-refractivity contribution in [1.82, 2.24) is 19.6 Å². The molecule has 0 bridgehead atoms. The topological polar surface area (TPSA) is 43.1 Å². The van der Waals surface area contributed by atoms with Gasteiger partial charge >= 0.3 is 0 Å². The first-order chi connectivity index (χ1) is 8.24. The van der Waals surface area contributed by atoms with Crippen molar-refractivity contribution in [3.05, 3.63) is 46.4 Å². The van der Waals surface area contributed by atoms with Crippen molar-refractivity contribution < 1.29 is 0 Å². The summed E-state index contributed by atoms with van der Waals surface area (Å²) in [7, 11) is 0. The number of hydrogen-bond donors (Lipinski definition) is 0. The Labute approximate surface area is 110 Å². The fourth-order valence-electron chi connectivity index (χ4n) is 1.58. The maximum absolute atomic E-state index is 6.12. The fourth-order valence-corrected chi connectivity index (χ4v) is 2.17. The van der Waals surface area contributed by atoms with Crippen LogP contribution in [0.3, 0.4) is 0 Å². The highest BCUT2D eigenvalue weighted by molar-refractivity contribution is 9.10. The zero-order valence-electron chi connectivity index (χ0n) is 8.51. The number of rotatable bonds is 1. The average Bonchev–Trinajstić information content (AvgIpc) is 2.77. The second kappa shape index (κ2) is 4.09. The maximum atomic E-state index is 6.12. The number of hydrogen-bond acceptors (Lipinski definition) is 3. The van der Waals surface area contributed by atoms with Crippen LogP contribution in [0.15, 0.2) is 41.3 Å². The number of fused-ring (bicyclic) bond motifs is 1. The Morgan fingerprint density at radius 2 is 2.12 bits per heavy atom. The third-order valence-electron chi connectivity index (χ3n) is 2.32. The molecule has 0 aromatic carbocycles. The Balaban J connectivity index is 2.23. The van der Waals surface area contributed by atoms with E-state index in [0.29, 0.717) is 10.8 Å². The van der Waals surface area contributed by atoms with Crippen molar-refractivity contribution in [3.63, 3.8) is 0 Å². The lowest BCUT2D eigenvalue weighted by Crippen LogP contribution is -1.94. The quantitative estimate of drug-likeness (QED) is 0.648. The third-order valence-corrected chi connectivity index (χ3v) is 3.02. The molecule has 17 heavy (non-hydrogen) atoms. The molecule has 0 N–H and O–H groups in total. The lowest BCUT2D eigenvalue weighted by molar-refractivity contribution is 0.941. The van der Waals surface area contributed by atoms with Crippen LogP contribution in [0, 0.1) is 0 Å². The molecular weight excluding hydrogens is 304 g/mol. The molecule has 0 unspecified atom stereocenters. The summed E-state index contributed by atoms with van der Waals surface area (Å²) in [5.74, 6) is 0. The number of nitrogens with zero attached hydrogens (tertiary/aromatic N) is 4.